The van der Waals surface area contributed by atoms with E-state index in [9.17, 15) is 10.2 Å². The van der Waals surface area contributed by atoms with Gasteiger partial charge in [0, 0.05) is 20.5 Å². The average Bonchev–Trinajstić information content (AvgIpc) is 3.35. The highest BCUT2D eigenvalue weighted by Crippen LogP contribution is 3.08. The molecule has 12 saturated carbocycles. The number of rotatable bonds is 0. The van der Waals surface area contributed by atoms with Gasteiger partial charge in [0.2, 0.25) is 0 Å². The molecule has 0 aromatic carbocycles. The van der Waals surface area contributed by atoms with Gasteiger partial charge >= 0.3 is 0 Å². The molecule has 0 aromatic rings. The predicted molar refractivity (Wildman–Crippen MR) is 105 cm³/mol. The molecule has 0 bridgehead atoms. The Morgan fingerprint density at radius 1 is 0.462 bits per heavy atom. The zero-order valence-corrected chi connectivity index (χ0v) is 19.8. The van der Waals surface area contributed by atoms with Crippen LogP contribution in [0.4, 0.5) is 0 Å². The van der Waals surface area contributed by atoms with Crippen LogP contribution >= 0.6 is 63.7 Å². The summed E-state index contributed by atoms with van der Waals surface area (Å²) in [7, 11) is 0. The van der Waals surface area contributed by atoms with E-state index >= 15 is 0 Å². The van der Waals surface area contributed by atoms with Crippen LogP contribution in [0.15, 0.2) is 0 Å². The zero-order chi connectivity index (χ0) is 17.1. The van der Waals surface area contributed by atoms with Crippen molar-refractivity contribution in [3.8, 4) is 0 Å². The fourth-order valence-corrected chi connectivity index (χ4v) is 23.1. The summed E-state index contributed by atoms with van der Waals surface area (Å²) in [6, 6.07) is 0. The van der Waals surface area contributed by atoms with E-state index in [4.69, 9.17) is 0 Å². The van der Waals surface area contributed by atoms with Gasteiger partial charge in [-0.2, -0.15) is 0 Å². The van der Waals surface area contributed by atoms with Gasteiger partial charge in [-0.25, -0.2) is 0 Å². The summed E-state index contributed by atoms with van der Waals surface area (Å²) < 4.78 is -0.0528. The average molecular weight is 608 g/mol. The minimum absolute atomic E-state index is 0.0634. The molecule has 12 fully saturated rings. The highest BCUT2D eigenvalue weighted by atomic mass is 79.9. The molecule has 0 amide bonds. The molecule has 0 heterocycles. The van der Waals surface area contributed by atoms with Crippen molar-refractivity contribution in [1.29, 1.82) is 0 Å². The molecule has 136 valence electrons. The Kier molecular flexibility index (Phi) is 1.51. The maximum absolute atomic E-state index is 12.6. The third-order valence-corrected chi connectivity index (χ3v) is 20.0. The first-order valence-electron chi connectivity index (χ1n) is 10.4. The van der Waals surface area contributed by atoms with Gasteiger partial charge < -0.3 is 10.2 Å². The third-order valence-electron chi connectivity index (χ3n) is 13.6. The summed E-state index contributed by atoms with van der Waals surface area (Å²) in [6.07, 6.45) is 0. The Morgan fingerprint density at radius 2 is 0.846 bits per heavy atom. The number of hydrogen-bond acceptors (Lipinski definition) is 2. The minimum atomic E-state index is -0.517. The zero-order valence-electron chi connectivity index (χ0n) is 13.5. The first-order chi connectivity index (χ1) is 12.2. The van der Waals surface area contributed by atoms with Crippen molar-refractivity contribution in [3.05, 3.63) is 0 Å². The molecule has 2 nitrogen and oxygen atoms in total. The van der Waals surface area contributed by atoms with Crippen molar-refractivity contribution in [1.82, 2.24) is 0 Å². The molecule has 12 aliphatic carbocycles. The Balaban J connectivity index is 1.49. The van der Waals surface area contributed by atoms with Crippen LogP contribution in [0.3, 0.4) is 0 Å². The minimum Gasteiger partial charge on any atom is -0.388 e. The van der Waals surface area contributed by atoms with Crippen molar-refractivity contribution in [3.63, 3.8) is 0 Å². The van der Waals surface area contributed by atoms with E-state index in [1.54, 1.807) is 0 Å². The smallest absolute Gasteiger partial charge is 0.0884 e. The van der Waals surface area contributed by atoms with E-state index in [0.29, 0.717) is 82.9 Å². The van der Waals surface area contributed by atoms with Crippen LogP contribution in [0.5, 0.6) is 0 Å². The molecule has 20 atom stereocenters. The van der Waals surface area contributed by atoms with Crippen LogP contribution in [0.25, 0.3) is 0 Å². The van der Waals surface area contributed by atoms with E-state index < -0.39 is 11.2 Å². The summed E-state index contributed by atoms with van der Waals surface area (Å²) >= 11 is 17.6. The number of hydrogen-bond donors (Lipinski definition) is 2. The maximum atomic E-state index is 12.6. The van der Waals surface area contributed by atoms with E-state index in [1.165, 1.54) is 0 Å². The van der Waals surface area contributed by atoms with E-state index in [-0.39, 0.29) is 17.3 Å². The van der Waals surface area contributed by atoms with Crippen LogP contribution < -0.4 is 0 Å². The summed E-state index contributed by atoms with van der Waals surface area (Å²) in [5.41, 5.74) is -1.03. The maximum Gasteiger partial charge on any atom is 0.0884 e. The molecule has 0 saturated heterocycles. The molecule has 12 aliphatic rings. The second-order valence-electron chi connectivity index (χ2n) is 12.2. The molecule has 0 spiro atoms. The Bertz CT molecular complexity index is 860. The number of alkyl halides is 4. The van der Waals surface area contributed by atoms with Crippen LogP contribution in [0.2, 0.25) is 0 Å². The van der Waals surface area contributed by atoms with Crippen LogP contribution in [-0.2, 0) is 0 Å². The second kappa shape index (κ2) is 2.81. The second-order valence-corrected chi connectivity index (χ2v) is 17.6. The Hall–Kier alpha value is 1.84. The quantitative estimate of drug-likeness (QED) is 0.416. The van der Waals surface area contributed by atoms with Crippen LogP contribution in [0, 0.1) is 82.9 Å². The lowest BCUT2D eigenvalue weighted by Gasteiger charge is -2.46. The fraction of sp³-hybridized carbons (Fsp3) is 1.00. The first-order valence-corrected chi connectivity index (χ1v) is 13.6. The predicted octanol–water partition coefficient (Wildman–Crippen LogP) is 2.76. The Labute approximate surface area is 184 Å². The summed E-state index contributed by atoms with van der Waals surface area (Å²) in [6.45, 7) is 0. The van der Waals surface area contributed by atoms with Gasteiger partial charge in [0.15, 0.2) is 0 Å². The topological polar surface area (TPSA) is 40.5 Å². The van der Waals surface area contributed by atoms with Gasteiger partial charge in [-0.15, -0.1) is 0 Å². The monoisotopic (exact) mass is 604 g/mol. The fourth-order valence-electron chi connectivity index (χ4n) is 15.1. The Morgan fingerprint density at radius 3 is 1.23 bits per heavy atom. The van der Waals surface area contributed by atoms with E-state index in [2.05, 4.69) is 63.7 Å². The number of halogens is 4. The highest BCUT2D eigenvalue weighted by molar-refractivity contribution is 9.11. The largest absolute Gasteiger partial charge is 0.388 e. The lowest BCUT2D eigenvalue weighted by Crippen LogP contribution is -2.59. The molecule has 2 N–H and O–H groups in total. The molecule has 26 heavy (non-hydrogen) atoms. The van der Waals surface area contributed by atoms with Gasteiger partial charge in [0.05, 0.1) is 19.9 Å². The van der Waals surface area contributed by atoms with E-state index in [0.717, 1.165) is 0 Å². The highest BCUT2D eigenvalue weighted by Gasteiger charge is 3.13. The standard InChI is InChI=1S/C20H16Br4O2/c21-15-9-5-1-2-6-10-7(1)19(25)13-3(11(15)17(5,19)23)4-12(16(10,13)22)18(6,24)20(26,8(2)9)14(4)15/h1-14,25-26H. The molecule has 0 radical (unpaired) electrons. The van der Waals surface area contributed by atoms with E-state index in [1.807, 2.05) is 0 Å². The van der Waals surface area contributed by atoms with Crippen molar-refractivity contribution < 1.29 is 10.2 Å². The molecule has 12 rings (SSSR count). The molecule has 20 unspecified atom stereocenters. The molecule has 6 heteroatoms. The SMILES string of the molecule is OC12C3C4C5C6C7C4C1(Br)C1C4C8C(C71Br)C6(O)C1(Br)C5C3C(Br)(C42)C81. The molecule has 0 aromatic heterocycles. The molecular formula is C20H16Br4O2. The lowest BCUT2D eigenvalue weighted by atomic mass is 9.72. The summed E-state index contributed by atoms with van der Waals surface area (Å²) in [5, 5.41) is 25.2. The lowest BCUT2D eigenvalue weighted by molar-refractivity contribution is -0.0733. The van der Waals surface area contributed by atoms with Crippen molar-refractivity contribution in [2.24, 2.45) is 82.9 Å². The summed E-state index contributed by atoms with van der Waals surface area (Å²) in [5.74, 6) is 7.47. The molecule has 0 aliphatic heterocycles. The van der Waals surface area contributed by atoms with Crippen LogP contribution in [0.1, 0.15) is 0 Å². The molecular weight excluding hydrogens is 592 g/mol. The van der Waals surface area contributed by atoms with Crippen molar-refractivity contribution in [2.45, 2.75) is 28.5 Å². The van der Waals surface area contributed by atoms with Gasteiger partial charge in [0.25, 0.3) is 0 Å². The van der Waals surface area contributed by atoms with Crippen molar-refractivity contribution >= 4 is 63.7 Å². The van der Waals surface area contributed by atoms with Gasteiger partial charge in [-0.3, -0.25) is 0 Å². The van der Waals surface area contributed by atoms with Crippen LogP contribution in [-0.4, -0.2) is 38.7 Å². The summed E-state index contributed by atoms with van der Waals surface area (Å²) in [4.78, 5) is 0. The third kappa shape index (κ3) is 0.624. The van der Waals surface area contributed by atoms with Gasteiger partial charge in [-0.1, -0.05) is 63.7 Å². The first kappa shape index (κ1) is 14.0. The van der Waals surface area contributed by atoms with Gasteiger partial charge in [-0.05, 0) is 71.0 Å². The number of aliphatic hydroxyl groups is 2. The van der Waals surface area contributed by atoms with Gasteiger partial charge in [0.1, 0.15) is 0 Å². The normalized spacial score (nSPS) is 103. The van der Waals surface area contributed by atoms with Crippen molar-refractivity contribution in [2.75, 3.05) is 0 Å².